The van der Waals surface area contributed by atoms with Crippen LogP contribution in [0.1, 0.15) is 16.3 Å². The first-order valence-electron chi connectivity index (χ1n) is 5.56. The molecule has 0 spiro atoms. The van der Waals surface area contributed by atoms with E-state index in [1.54, 1.807) is 11.3 Å². The van der Waals surface area contributed by atoms with Crippen molar-refractivity contribution in [2.45, 2.75) is 18.8 Å². The molecule has 0 unspecified atom stereocenters. The monoisotopic (exact) mass is 388 g/mol. The van der Waals surface area contributed by atoms with Gasteiger partial charge in [-0.05, 0) is 24.6 Å². The third-order valence-corrected chi connectivity index (χ3v) is 4.59. The van der Waals surface area contributed by atoms with Crippen molar-refractivity contribution >= 4 is 48.9 Å². The minimum Gasteiger partial charge on any atom is -0.368 e. The van der Waals surface area contributed by atoms with Crippen molar-refractivity contribution in [3.05, 3.63) is 44.3 Å². The van der Waals surface area contributed by atoms with E-state index in [9.17, 15) is 0 Å². The summed E-state index contributed by atoms with van der Waals surface area (Å²) in [5.74, 6) is 0. The number of thiazole rings is 1. The number of halogens is 2. The van der Waals surface area contributed by atoms with Crippen LogP contribution in [-0.2, 0) is 11.9 Å². The third kappa shape index (κ3) is 3.33. The predicted molar refractivity (Wildman–Crippen MR) is 85.7 cm³/mol. The molecule has 96 valence electrons. The van der Waals surface area contributed by atoms with Crippen molar-refractivity contribution in [3.8, 4) is 0 Å². The van der Waals surface area contributed by atoms with Gasteiger partial charge in [-0.1, -0.05) is 37.9 Å². The van der Waals surface area contributed by atoms with Crippen LogP contribution in [0, 0.1) is 6.92 Å². The van der Waals surface area contributed by atoms with E-state index in [2.05, 4.69) is 72.4 Å². The Labute approximate surface area is 128 Å². The minimum atomic E-state index is 0.834. The largest absolute Gasteiger partial charge is 0.368 e. The summed E-state index contributed by atoms with van der Waals surface area (Å²) in [4.78, 5) is 6.74. The van der Waals surface area contributed by atoms with Gasteiger partial charge in [0.1, 0.15) is 0 Å². The SMILES string of the molecule is Cc1nc(CN(C)c2cc(Br)ccc2CBr)cs1. The average molecular weight is 390 g/mol. The summed E-state index contributed by atoms with van der Waals surface area (Å²) in [6.07, 6.45) is 0. The minimum absolute atomic E-state index is 0.834. The summed E-state index contributed by atoms with van der Waals surface area (Å²) in [7, 11) is 2.10. The van der Waals surface area contributed by atoms with Gasteiger partial charge in [0, 0.05) is 27.9 Å². The number of nitrogens with zero attached hydrogens (tertiary/aromatic N) is 2. The van der Waals surface area contributed by atoms with E-state index < -0.39 is 0 Å². The van der Waals surface area contributed by atoms with Crippen LogP contribution >= 0.6 is 43.2 Å². The van der Waals surface area contributed by atoms with E-state index in [0.717, 1.165) is 27.0 Å². The standard InChI is InChI=1S/C13H14Br2N2S/c1-9-16-12(8-18-9)7-17(2)13-5-11(15)4-3-10(13)6-14/h3-5,8H,6-7H2,1-2H3. The molecule has 0 N–H and O–H groups in total. The van der Waals surface area contributed by atoms with Gasteiger partial charge in [-0.25, -0.2) is 4.98 Å². The van der Waals surface area contributed by atoms with Gasteiger partial charge in [0.2, 0.25) is 0 Å². The maximum Gasteiger partial charge on any atom is 0.0898 e. The molecule has 0 amide bonds. The predicted octanol–water partition coefficient (Wildman–Crippen LogP) is 4.75. The van der Waals surface area contributed by atoms with Gasteiger partial charge in [-0.15, -0.1) is 11.3 Å². The van der Waals surface area contributed by atoms with Crippen LogP contribution in [0.2, 0.25) is 0 Å². The maximum atomic E-state index is 4.51. The van der Waals surface area contributed by atoms with Crippen molar-refractivity contribution in [3.63, 3.8) is 0 Å². The van der Waals surface area contributed by atoms with Crippen LogP contribution in [0.4, 0.5) is 5.69 Å². The number of anilines is 1. The molecule has 18 heavy (non-hydrogen) atoms. The van der Waals surface area contributed by atoms with Gasteiger partial charge in [0.15, 0.2) is 0 Å². The van der Waals surface area contributed by atoms with Gasteiger partial charge in [0.05, 0.1) is 17.2 Å². The molecule has 5 heteroatoms. The molecule has 1 heterocycles. The van der Waals surface area contributed by atoms with E-state index in [1.807, 2.05) is 6.92 Å². The first-order valence-corrected chi connectivity index (χ1v) is 8.36. The number of aromatic nitrogens is 1. The van der Waals surface area contributed by atoms with E-state index in [-0.39, 0.29) is 0 Å². The van der Waals surface area contributed by atoms with Gasteiger partial charge < -0.3 is 4.90 Å². The van der Waals surface area contributed by atoms with Crippen molar-refractivity contribution in [1.82, 2.24) is 4.98 Å². The van der Waals surface area contributed by atoms with Gasteiger partial charge in [-0.3, -0.25) is 0 Å². The highest BCUT2D eigenvalue weighted by molar-refractivity contribution is 9.10. The summed E-state index contributed by atoms with van der Waals surface area (Å²) in [5.41, 5.74) is 3.64. The highest BCUT2D eigenvalue weighted by Crippen LogP contribution is 2.27. The molecule has 0 saturated carbocycles. The first kappa shape index (κ1) is 14.0. The quantitative estimate of drug-likeness (QED) is 0.701. The lowest BCUT2D eigenvalue weighted by Crippen LogP contribution is -2.18. The lowest BCUT2D eigenvalue weighted by molar-refractivity contribution is 0.885. The molecule has 1 aromatic carbocycles. The molecular weight excluding hydrogens is 376 g/mol. The number of aryl methyl sites for hydroxylation is 1. The Bertz CT molecular complexity index is 540. The second-order valence-electron chi connectivity index (χ2n) is 4.12. The molecule has 0 radical (unpaired) electrons. The zero-order valence-electron chi connectivity index (χ0n) is 10.3. The maximum absolute atomic E-state index is 4.51. The highest BCUT2D eigenvalue weighted by atomic mass is 79.9. The van der Waals surface area contributed by atoms with Crippen molar-refractivity contribution in [1.29, 1.82) is 0 Å². The van der Waals surface area contributed by atoms with E-state index >= 15 is 0 Å². The molecule has 0 aliphatic heterocycles. The Morgan fingerprint density at radius 1 is 1.39 bits per heavy atom. The average Bonchev–Trinajstić information content (AvgIpc) is 2.74. The summed E-state index contributed by atoms with van der Waals surface area (Å²) in [5, 5.41) is 4.10. The Hall–Kier alpha value is -0.390. The Kier molecular flexibility index (Phi) is 4.81. The summed E-state index contributed by atoms with van der Waals surface area (Å²) in [6.45, 7) is 2.87. The Morgan fingerprint density at radius 2 is 2.17 bits per heavy atom. The van der Waals surface area contributed by atoms with E-state index in [0.29, 0.717) is 0 Å². The van der Waals surface area contributed by atoms with Crippen LogP contribution in [0.15, 0.2) is 28.1 Å². The van der Waals surface area contributed by atoms with Crippen LogP contribution in [0.5, 0.6) is 0 Å². The second kappa shape index (κ2) is 6.17. The fourth-order valence-corrected chi connectivity index (χ4v) is 3.24. The number of alkyl halides is 1. The molecule has 0 aliphatic rings. The molecule has 1 aromatic heterocycles. The molecular formula is C13H14Br2N2S. The van der Waals surface area contributed by atoms with Gasteiger partial charge in [0.25, 0.3) is 0 Å². The molecule has 0 aliphatic carbocycles. The molecule has 2 rings (SSSR count). The molecule has 2 nitrogen and oxygen atoms in total. The molecule has 0 fully saturated rings. The van der Waals surface area contributed by atoms with E-state index in [1.165, 1.54) is 11.3 Å². The third-order valence-electron chi connectivity index (χ3n) is 2.67. The van der Waals surface area contributed by atoms with Crippen molar-refractivity contribution in [2.75, 3.05) is 11.9 Å². The normalized spacial score (nSPS) is 10.7. The lowest BCUT2D eigenvalue weighted by atomic mass is 10.2. The number of benzene rings is 1. The zero-order valence-corrected chi connectivity index (χ0v) is 14.3. The fraction of sp³-hybridized carbons (Fsp3) is 0.308. The molecule has 2 aromatic rings. The first-order chi connectivity index (χ1) is 8.60. The van der Waals surface area contributed by atoms with Gasteiger partial charge in [-0.2, -0.15) is 0 Å². The topological polar surface area (TPSA) is 16.1 Å². The number of rotatable bonds is 4. The fourth-order valence-electron chi connectivity index (χ4n) is 1.81. The molecule has 0 atom stereocenters. The lowest BCUT2D eigenvalue weighted by Gasteiger charge is -2.21. The Morgan fingerprint density at radius 3 is 2.78 bits per heavy atom. The van der Waals surface area contributed by atoms with Crippen molar-refractivity contribution in [2.24, 2.45) is 0 Å². The van der Waals surface area contributed by atoms with E-state index in [4.69, 9.17) is 0 Å². The number of hydrogen-bond acceptors (Lipinski definition) is 3. The molecule has 0 bridgehead atoms. The number of hydrogen-bond donors (Lipinski definition) is 0. The second-order valence-corrected chi connectivity index (χ2v) is 6.66. The van der Waals surface area contributed by atoms with Crippen LogP contribution < -0.4 is 4.90 Å². The van der Waals surface area contributed by atoms with Crippen molar-refractivity contribution < 1.29 is 0 Å². The van der Waals surface area contributed by atoms with Crippen LogP contribution in [0.25, 0.3) is 0 Å². The molecule has 0 saturated heterocycles. The zero-order chi connectivity index (χ0) is 13.1. The smallest absolute Gasteiger partial charge is 0.0898 e. The Balaban J connectivity index is 2.22. The van der Waals surface area contributed by atoms with Crippen LogP contribution in [0.3, 0.4) is 0 Å². The summed E-state index contributed by atoms with van der Waals surface area (Å²) >= 11 is 8.76. The van der Waals surface area contributed by atoms with Crippen LogP contribution in [-0.4, -0.2) is 12.0 Å². The highest BCUT2D eigenvalue weighted by Gasteiger charge is 2.09. The summed E-state index contributed by atoms with van der Waals surface area (Å²) < 4.78 is 1.10. The van der Waals surface area contributed by atoms with Gasteiger partial charge >= 0.3 is 0 Å². The summed E-state index contributed by atoms with van der Waals surface area (Å²) in [6, 6.07) is 6.35.